The van der Waals surface area contributed by atoms with E-state index in [9.17, 15) is 9.59 Å². The molecule has 0 unspecified atom stereocenters. The van der Waals surface area contributed by atoms with E-state index in [1.165, 1.54) is 0 Å². The van der Waals surface area contributed by atoms with Gasteiger partial charge >= 0.3 is 6.03 Å². The highest BCUT2D eigenvalue weighted by atomic mass is 16.2. The lowest BCUT2D eigenvalue weighted by Gasteiger charge is -2.34. The quantitative estimate of drug-likeness (QED) is 0.828. The highest BCUT2D eigenvalue weighted by molar-refractivity contribution is 5.96. The van der Waals surface area contributed by atoms with E-state index in [1.807, 2.05) is 20.8 Å². The highest BCUT2D eigenvalue weighted by Crippen LogP contribution is 2.14. The molecule has 110 valence electrons. The number of amides is 3. The molecule has 1 aromatic rings. The summed E-state index contributed by atoms with van der Waals surface area (Å²) in [6.45, 7) is 8.41. The lowest BCUT2D eigenvalue weighted by atomic mass is 10.1. The second-order valence-electron chi connectivity index (χ2n) is 4.92. The Balaban J connectivity index is 1.97. The molecule has 3 amide bonds. The number of carbonyl (C=O) groups excluding carboxylic acids is 2. The summed E-state index contributed by atoms with van der Waals surface area (Å²) < 4.78 is 0. The zero-order valence-electron chi connectivity index (χ0n) is 12.2. The number of hydrogen-bond donors (Lipinski definition) is 2. The smallest absolute Gasteiger partial charge is 0.317 e. The van der Waals surface area contributed by atoms with Crippen molar-refractivity contribution in [3.8, 4) is 0 Å². The van der Waals surface area contributed by atoms with Gasteiger partial charge in [-0.05, 0) is 20.8 Å². The molecular weight excluding hydrogens is 258 g/mol. The first kappa shape index (κ1) is 14.4. The Hall–Kier alpha value is -2.05. The molecule has 0 aliphatic carbocycles. The van der Waals surface area contributed by atoms with E-state index in [0.717, 1.165) is 11.4 Å². The van der Waals surface area contributed by atoms with Crippen LogP contribution in [0.1, 0.15) is 28.7 Å². The van der Waals surface area contributed by atoms with Crippen molar-refractivity contribution in [1.82, 2.24) is 25.3 Å². The standard InChI is InChI=1S/C13H21N5O2/c1-4-14-13(20)18-7-5-17(6-8-18)12(19)11-9(2)15-16-10(11)3/h4-8H2,1-3H3,(H,14,20)(H,15,16). The Labute approximate surface area is 118 Å². The number of H-pyrrole nitrogens is 1. The van der Waals surface area contributed by atoms with E-state index in [0.29, 0.717) is 38.3 Å². The fraction of sp³-hybridized carbons (Fsp3) is 0.615. The van der Waals surface area contributed by atoms with Crippen LogP contribution >= 0.6 is 0 Å². The predicted octanol–water partition coefficient (Wildman–Crippen LogP) is 0.514. The van der Waals surface area contributed by atoms with Crippen LogP contribution in [0.4, 0.5) is 4.79 Å². The third kappa shape index (κ3) is 2.76. The number of piperazine rings is 1. The molecule has 7 heteroatoms. The van der Waals surface area contributed by atoms with Crippen molar-refractivity contribution in [3.63, 3.8) is 0 Å². The monoisotopic (exact) mass is 279 g/mol. The minimum atomic E-state index is -0.0599. The molecule has 7 nitrogen and oxygen atoms in total. The summed E-state index contributed by atoms with van der Waals surface area (Å²) in [7, 11) is 0. The summed E-state index contributed by atoms with van der Waals surface area (Å²) in [5, 5.41) is 9.65. The first-order valence-electron chi connectivity index (χ1n) is 6.88. The number of aromatic amines is 1. The number of carbonyl (C=O) groups is 2. The van der Waals surface area contributed by atoms with E-state index in [-0.39, 0.29) is 11.9 Å². The van der Waals surface area contributed by atoms with Crippen LogP contribution in [0.15, 0.2) is 0 Å². The number of rotatable bonds is 2. The van der Waals surface area contributed by atoms with Gasteiger partial charge in [0.15, 0.2) is 0 Å². The summed E-state index contributed by atoms with van der Waals surface area (Å²) in [6, 6.07) is -0.0599. The number of nitrogens with one attached hydrogen (secondary N) is 2. The van der Waals surface area contributed by atoms with Gasteiger partial charge in [0.1, 0.15) is 0 Å². The number of aromatic nitrogens is 2. The maximum absolute atomic E-state index is 12.5. The molecule has 2 heterocycles. The van der Waals surface area contributed by atoms with Gasteiger partial charge in [0.05, 0.1) is 11.3 Å². The predicted molar refractivity (Wildman–Crippen MR) is 74.6 cm³/mol. The van der Waals surface area contributed by atoms with Crippen LogP contribution in [0.3, 0.4) is 0 Å². The molecule has 0 aromatic carbocycles. The molecule has 1 aliphatic heterocycles. The Morgan fingerprint density at radius 3 is 2.30 bits per heavy atom. The second kappa shape index (κ2) is 5.94. The third-order valence-corrected chi connectivity index (χ3v) is 3.52. The Morgan fingerprint density at radius 2 is 1.80 bits per heavy atom. The average molecular weight is 279 g/mol. The molecule has 2 N–H and O–H groups in total. The van der Waals surface area contributed by atoms with Crippen LogP contribution in [0.2, 0.25) is 0 Å². The molecule has 1 fully saturated rings. The zero-order valence-corrected chi connectivity index (χ0v) is 12.2. The lowest BCUT2D eigenvalue weighted by Crippen LogP contribution is -2.53. The fourth-order valence-corrected chi connectivity index (χ4v) is 2.40. The summed E-state index contributed by atoms with van der Waals surface area (Å²) in [6.07, 6.45) is 0. The first-order chi connectivity index (χ1) is 9.54. The molecule has 20 heavy (non-hydrogen) atoms. The normalized spacial score (nSPS) is 15.3. The summed E-state index contributed by atoms with van der Waals surface area (Å²) >= 11 is 0. The average Bonchev–Trinajstić information content (AvgIpc) is 2.78. The maximum Gasteiger partial charge on any atom is 0.317 e. The van der Waals surface area contributed by atoms with Crippen molar-refractivity contribution in [3.05, 3.63) is 17.0 Å². The lowest BCUT2D eigenvalue weighted by molar-refractivity contribution is 0.0664. The Bertz CT molecular complexity index is 483. The van der Waals surface area contributed by atoms with E-state index >= 15 is 0 Å². The van der Waals surface area contributed by atoms with Gasteiger partial charge in [-0.1, -0.05) is 0 Å². The van der Waals surface area contributed by atoms with Crippen LogP contribution in [0.5, 0.6) is 0 Å². The minimum Gasteiger partial charge on any atom is -0.338 e. The van der Waals surface area contributed by atoms with Gasteiger partial charge in [0, 0.05) is 38.4 Å². The van der Waals surface area contributed by atoms with Gasteiger partial charge < -0.3 is 15.1 Å². The second-order valence-corrected chi connectivity index (χ2v) is 4.92. The molecular formula is C13H21N5O2. The fourth-order valence-electron chi connectivity index (χ4n) is 2.40. The van der Waals surface area contributed by atoms with Gasteiger partial charge in [-0.2, -0.15) is 5.10 Å². The molecule has 0 radical (unpaired) electrons. The van der Waals surface area contributed by atoms with Gasteiger partial charge in [-0.15, -0.1) is 0 Å². The van der Waals surface area contributed by atoms with Crippen LogP contribution in [-0.2, 0) is 0 Å². The van der Waals surface area contributed by atoms with Gasteiger partial charge in [0.2, 0.25) is 0 Å². The van der Waals surface area contributed by atoms with Crippen molar-refractivity contribution in [2.45, 2.75) is 20.8 Å². The summed E-state index contributed by atoms with van der Waals surface area (Å²) in [4.78, 5) is 27.7. The molecule has 1 aliphatic rings. The summed E-state index contributed by atoms with van der Waals surface area (Å²) in [5.41, 5.74) is 2.16. The zero-order chi connectivity index (χ0) is 14.7. The van der Waals surface area contributed by atoms with Crippen molar-refractivity contribution in [2.75, 3.05) is 32.7 Å². The van der Waals surface area contributed by atoms with Crippen molar-refractivity contribution in [2.24, 2.45) is 0 Å². The van der Waals surface area contributed by atoms with Crippen molar-refractivity contribution in [1.29, 1.82) is 0 Å². The Kier molecular flexibility index (Phi) is 4.26. The first-order valence-corrected chi connectivity index (χ1v) is 6.88. The van der Waals surface area contributed by atoms with Crippen molar-refractivity contribution >= 4 is 11.9 Å². The molecule has 2 rings (SSSR count). The number of nitrogens with zero attached hydrogens (tertiary/aromatic N) is 3. The molecule has 0 atom stereocenters. The number of hydrogen-bond acceptors (Lipinski definition) is 3. The number of urea groups is 1. The van der Waals surface area contributed by atoms with Crippen LogP contribution in [-0.4, -0.2) is 64.7 Å². The maximum atomic E-state index is 12.5. The van der Waals surface area contributed by atoms with E-state index < -0.39 is 0 Å². The third-order valence-electron chi connectivity index (χ3n) is 3.52. The van der Waals surface area contributed by atoms with E-state index in [2.05, 4.69) is 15.5 Å². The molecule has 0 bridgehead atoms. The minimum absolute atomic E-state index is 0.00991. The Morgan fingerprint density at radius 1 is 1.20 bits per heavy atom. The van der Waals surface area contributed by atoms with Gasteiger partial charge in [0.25, 0.3) is 5.91 Å². The van der Waals surface area contributed by atoms with E-state index in [4.69, 9.17) is 0 Å². The van der Waals surface area contributed by atoms with E-state index in [1.54, 1.807) is 9.80 Å². The molecule has 0 saturated carbocycles. The topological polar surface area (TPSA) is 81.3 Å². The van der Waals surface area contributed by atoms with Crippen molar-refractivity contribution < 1.29 is 9.59 Å². The molecule has 1 saturated heterocycles. The van der Waals surface area contributed by atoms with Gasteiger partial charge in [-0.3, -0.25) is 9.89 Å². The molecule has 1 aromatic heterocycles. The number of aryl methyl sites for hydroxylation is 2. The SMILES string of the molecule is CCNC(=O)N1CCN(C(=O)c2c(C)n[nH]c2C)CC1. The van der Waals surface area contributed by atoms with Crippen LogP contribution < -0.4 is 5.32 Å². The van der Waals surface area contributed by atoms with Crippen LogP contribution in [0.25, 0.3) is 0 Å². The van der Waals surface area contributed by atoms with Crippen LogP contribution in [0, 0.1) is 13.8 Å². The van der Waals surface area contributed by atoms with Gasteiger partial charge in [-0.25, -0.2) is 4.79 Å². The molecule has 0 spiro atoms. The highest BCUT2D eigenvalue weighted by Gasteiger charge is 2.27. The largest absolute Gasteiger partial charge is 0.338 e. The summed E-state index contributed by atoms with van der Waals surface area (Å²) in [5.74, 6) is -0.00991.